The molecule has 0 unspecified atom stereocenters. The zero-order valence-electron chi connectivity index (χ0n) is 24.0. The molecule has 0 saturated carbocycles. The van der Waals surface area contributed by atoms with Gasteiger partial charge in [0.2, 0.25) is 5.91 Å². The number of benzene rings is 3. The molecule has 1 N–H and O–H groups in total. The quantitative estimate of drug-likeness (QED) is 0.223. The van der Waals surface area contributed by atoms with Crippen LogP contribution < -0.4 is 10.2 Å². The normalized spacial score (nSPS) is 16.0. The number of nitrogens with zero attached hydrogens (tertiary/aromatic N) is 3. The largest absolute Gasteiger partial charge is 0.405 e. The van der Waals surface area contributed by atoms with E-state index in [1.807, 2.05) is 72.8 Å². The maximum absolute atomic E-state index is 13.7. The molecule has 43 heavy (non-hydrogen) atoms. The molecular weight excluding hydrogens is 549 g/mol. The summed E-state index contributed by atoms with van der Waals surface area (Å²) in [5.74, 6) is 0.396. The molecule has 1 aliphatic heterocycles. The molecule has 1 aromatic heterocycles. The van der Waals surface area contributed by atoms with Crippen molar-refractivity contribution in [2.75, 3.05) is 44.2 Å². The van der Waals surface area contributed by atoms with Gasteiger partial charge in [-0.05, 0) is 53.8 Å². The molecule has 5 nitrogen and oxygen atoms in total. The number of fused-ring (bicyclic) bond motifs is 3. The Morgan fingerprint density at radius 1 is 0.767 bits per heavy atom. The van der Waals surface area contributed by atoms with E-state index in [0.717, 1.165) is 78.5 Å². The smallest absolute Gasteiger partial charge is 0.354 e. The van der Waals surface area contributed by atoms with E-state index in [1.54, 1.807) is 0 Å². The Bertz CT molecular complexity index is 1520. The van der Waals surface area contributed by atoms with Crippen LogP contribution in [0.2, 0.25) is 0 Å². The van der Waals surface area contributed by atoms with Crippen LogP contribution in [0.25, 0.3) is 22.4 Å². The first-order chi connectivity index (χ1) is 20.8. The summed E-state index contributed by atoms with van der Waals surface area (Å²) >= 11 is 0. The Hall–Kier alpha value is -4.17. The molecule has 222 valence electrons. The van der Waals surface area contributed by atoms with Gasteiger partial charge in [0.1, 0.15) is 17.8 Å². The second kappa shape index (κ2) is 12.2. The second-order valence-corrected chi connectivity index (χ2v) is 11.3. The highest BCUT2D eigenvalue weighted by molar-refractivity contribution is 6.00. The van der Waals surface area contributed by atoms with Gasteiger partial charge in [0.15, 0.2) is 0 Å². The SMILES string of the molecule is O=C(NCC(F)(F)F)C1(CCCCN2CCN(c3cccc(-c4ccccc4)n3)CC2)c2ccccc2-c2ccccc21. The van der Waals surface area contributed by atoms with Crippen LogP contribution in [-0.2, 0) is 10.2 Å². The van der Waals surface area contributed by atoms with Crippen LogP contribution >= 0.6 is 0 Å². The highest BCUT2D eigenvalue weighted by atomic mass is 19.4. The van der Waals surface area contributed by atoms with Crippen molar-refractivity contribution >= 4 is 11.7 Å². The van der Waals surface area contributed by atoms with Gasteiger partial charge in [0.05, 0.1) is 5.69 Å². The molecule has 0 atom stereocenters. The van der Waals surface area contributed by atoms with Gasteiger partial charge in [0.25, 0.3) is 0 Å². The van der Waals surface area contributed by atoms with E-state index < -0.39 is 24.0 Å². The number of piperazine rings is 1. The Labute approximate surface area is 250 Å². The van der Waals surface area contributed by atoms with Gasteiger partial charge in [-0.3, -0.25) is 9.69 Å². The third kappa shape index (κ3) is 6.02. The number of nitrogens with one attached hydrogen (secondary N) is 1. The van der Waals surface area contributed by atoms with E-state index in [-0.39, 0.29) is 0 Å². The van der Waals surface area contributed by atoms with E-state index in [9.17, 15) is 18.0 Å². The number of unbranched alkanes of at least 4 members (excludes halogenated alkanes) is 1. The number of hydrogen-bond acceptors (Lipinski definition) is 4. The predicted molar refractivity (Wildman–Crippen MR) is 164 cm³/mol. The topological polar surface area (TPSA) is 48.5 Å². The van der Waals surface area contributed by atoms with Crippen LogP contribution in [0, 0.1) is 0 Å². The molecule has 3 aromatic carbocycles. The van der Waals surface area contributed by atoms with Crippen LogP contribution in [-0.4, -0.2) is 61.2 Å². The fraction of sp³-hybridized carbons (Fsp3) is 0.314. The summed E-state index contributed by atoms with van der Waals surface area (Å²) in [5, 5.41) is 2.23. The lowest BCUT2D eigenvalue weighted by Gasteiger charge is -2.36. The summed E-state index contributed by atoms with van der Waals surface area (Å²) in [5.41, 5.74) is 4.32. The first kappa shape index (κ1) is 28.9. The van der Waals surface area contributed by atoms with Crippen molar-refractivity contribution in [3.8, 4) is 22.4 Å². The van der Waals surface area contributed by atoms with Crippen LogP contribution in [0.1, 0.15) is 30.4 Å². The molecule has 2 aliphatic rings. The van der Waals surface area contributed by atoms with Gasteiger partial charge in [-0.2, -0.15) is 13.2 Å². The van der Waals surface area contributed by atoms with Crippen LogP contribution in [0.5, 0.6) is 0 Å². The standard InChI is InChI=1S/C35H35F3N4O/c36-35(37,38)25-39-33(43)34(29-15-6-4-13-27(29)28-14-5-7-16-30(28)34)19-8-9-20-41-21-23-42(24-22-41)32-18-10-17-31(40-32)26-11-2-1-3-12-26/h1-7,10-18H,8-9,19-25H2,(H,39,43). The molecule has 0 radical (unpaired) electrons. The van der Waals surface area contributed by atoms with Gasteiger partial charge in [-0.1, -0.05) is 91.3 Å². The maximum Gasteiger partial charge on any atom is 0.405 e. The molecule has 0 spiro atoms. The monoisotopic (exact) mass is 584 g/mol. The molecule has 1 aliphatic carbocycles. The third-order valence-electron chi connectivity index (χ3n) is 8.68. The first-order valence-corrected chi connectivity index (χ1v) is 14.9. The minimum atomic E-state index is -4.48. The Morgan fingerprint density at radius 3 is 2.05 bits per heavy atom. The number of alkyl halides is 3. The van der Waals surface area contributed by atoms with E-state index in [0.29, 0.717) is 12.8 Å². The molecule has 0 bridgehead atoms. The van der Waals surface area contributed by atoms with Crippen molar-refractivity contribution in [2.24, 2.45) is 0 Å². The lowest BCUT2D eigenvalue weighted by atomic mass is 9.73. The van der Waals surface area contributed by atoms with Crippen molar-refractivity contribution in [1.29, 1.82) is 0 Å². The van der Waals surface area contributed by atoms with Crippen molar-refractivity contribution in [2.45, 2.75) is 30.9 Å². The minimum Gasteiger partial charge on any atom is -0.354 e. The lowest BCUT2D eigenvalue weighted by molar-refractivity contribution is -0.141. The van der Waals surface area contributed by atoms with E-state index in [1.165, 1.54) is 0 Å². The van der Waals surface area contributed by atoms with Crippen molar-refractivity contribution in [1.82, 2.24) is 15.2 Å². The number of anilines is 1. The van der Waals surface area contributed by atoms with Gasteiger partial charge in [-0.15, -0.1) is 0 Å². The van der Waals surface area contributed by atoms with Crippen molar-refractivity contribution < 1.29 is 18.0 Å². The average Bonchev–Trinajstić information content (AvgIpc) is 3.33. The molecule has 1 fully saturated rings. The average molecular weight is 585 g/mol. The van der Waals surface area contributed by atoms with Crippen LogP contribution in [0.15, 0.2) is 97.1 Å². The predicted octanol–water partition coefficient (Wildman–Crippen LogP) is 6.69. The zero-order chi connectivity index (χ0) is 29.9. The van der Waals surface area contributed by atoms with Crippen LogP contribution in [0.4, 0.5) is 19.0 Å². The van der Waals surface area contributed by atoms with Crippen molar-refractivity contribution in [3.63, 3.8) is 0 Å². The number of carbonyl (C=O) groups excluding carboxylic acids is 1. The van der Waals surface area contributed by atoms with Crippen LogP contribution in [0.3, 0.4) is 0 Å². The Balaban J connectivity index is 1.10. The molecule has 1 amide bonds. The van der Waals surface area contributed by atoms with Gasteiger partial charge in [-0.25, -0.2) is 4.98 Å². The number of carbonyl (C=O) groups is 1. The fourth-order valence-electron chi connectivity index (χ4n) is 6.58. The highest BCUT2D eigenvalue weighted by Crippen LogP contribution is 2.51. The second-order valence-electron chi connectivity index (χ2n) is 11.3. The summed E-state index contributed by atoms with van der Waals surface area (Å²) in [6.45, 7) is 3.08. The van der Waals surface area contributed by atoms with Crippen molar-refractivity contribution in [3.05, 3.63) is 108 Å². The number of rotatable bonds is 9. The van der Waals surface area contributed by atoms with E-state index in [4.69, 9.17) is 4.98 Å². The third-order valence-corrected chi connectivity index (χ3v) is 8.68. The van der Waals surface area contributed by atoms with E-state index in [2.05, 4.69) is 39.4 Å². The number of aromatic nitrogens is 1. The van der Waals surface area contributed by atoms with Gasteiger partial charge < -0.3 is 10.2 Å². The molecule has 8 heteroatoms. The molecule has 1 saturated heterocycles. The number of amides is 1. The summed E-state index contributed by atoms with van der Waals surface area (Å²) in [7, 11) is 0. The van der Waals surface area contributed by atoms with Gasteiger partial charge >= 0.3 is 6.18 Å². The minimum absolute atomic E-state index is 0.445. The Kier molecular flexibility index (Phi) is 8.21. The molecule has 4 aromatic rings. The van der Waals surface area contributed by atoms with Gasteiger partial charge in [0, 0.05) is 31.7 Å². The number of halogens is 3. The summed E-state index contributed by atoms with van der Waals surface area (Å²) in [6.07, 6.45) is -2.47. The fourth-order valence-corrected chi connectivity index (χ4v) is 6.58. The maximum atomic E-state index is 13.7. The molecular formula is C35H35F3N4O. The highest BCUT2D eigenvalue weighted by Gasteiger charge is 2.49. The first-order valence-electron chi connectivity index (χ1n) is 14.9. The molecule has 6 rings (SSSR count). The Morgan fingerprint density at radius 2 is 1.40 bits per heavy atom. The number of hydrogen-bond donors (Lipinski definition) is 1. The number of pyridine rings is 1. The summed E-state index contributed by atoms with van der Waals surface area (Å²) < 4.78 is 39.4. The molecule has 2 heterocycles. The lowest BCUT2D eigenvalue weighted by Crippen LogP contribution is -2.48. The van der Waals surface area contributed by atoms with E-state index >= 15 is 0 Å². The summed E-state index contributed by atoms with van der Waals surface area (Å²) in [6, 6.07) is 31.5. The zero-order valence-corrected chi connectivity index (χ0v) is 24.0. The summed E-state index contributed by atoms with van der Waals surface area (Å²) in [4.78, 5) is 23.3.